The number of rotatable bonds is 3. The minimum atomic E-state index is -0.297. The number of carbonyl (C=O) groups excluding carboxylic acids is 2. The van der Waals surface area contributed by atoms with Gasteiger partial charge in [-0.25, -0.2) is 0 Å². The van der Waals surface area contributed by atoms with Gasteiger partial charge in [0.05, 0.1) is 12.5 Å². The van der Waals surface area contributed by atoms with Gasteiger partial charge < -0.3 is 14.4 Å². The van der Waals surface area contributed by atoms with Gasteiger partial charge in [-0.05, 0) is 39.0 Å². The zero-order chi connectivity index (χ0) is 13.7. The van der Waals surface area contributed by atoms with E-state index in [1.165, 1.54) is 0 Å². The molecule has 5 heteroatoms. The average Bonchev–Trinajstić information content (AvgIpc) is 2.48. The van der Waals surface area contributed by atoms with Crippen LogP contribution in [0.2, 0.25) is 0 Å². The van der Waals surface area contributed by atoms with Gasteiger partial charge in [0.15, 0.2) is 0 Å². The maximum Gasteiger partial charge on any atom is 0.310 e. The summed E-state index contributed by atoms with van der Waals surface area (Å²) in [4.78, 5) is 25.9. The monoisotopic (exact) mass is 269 g/mol. The third-order valence-electron chi connectivity index (χ3n) is 3.81. The van der Waals surface area contributed by atoms with E-state index in [2.05, 4.69) is 0 Å². The Morgan fingerprint density at radius 3 is 2.79 bits per heavy atom. The summed E-state index contributed by atoms with van der Waals surface area (Å²) in [5.41, 5.74) is 0. The van der Waals surface area contributed by atoms with Crippen LogP contribution in [0.3, 0.4) is 0 Å². The second-order valence-electron chi connectivity index (χ2n) is 5.23. The Hall–Kier alpha value is -1.10. The normalized spacial score (nSPS) is 27.9. The van der Waals surface area contributed by atoms with Crippen molar-refractivity contribution in [2.45, 2.75) is 45.1 Å². The fourth-order valence-electron chi connectivity index (χ4n) is 2.77. The van der Waals surface area contributed by atoms with E-state index in [1.54, 1.807) is 11.8 Å². The first kappa shape index (κ1) is 14.3. The highest BCUT2D eigenvalue weighted by Crippen LogP contribution is 2.21. The molecule has 2 unspecified atom stereocenters. The molecule has 0 N–H and O–H groups in total. The predicted octanol–water partition coefficient (Wildman–Crippen LogP) is 1.36. The Kier molecular flexibility index (Phi) is 5.19. The van der Waals surface area contributed by atoms with E-state index in [0.29, 0.717) is 19.8 Å². The highest BCUT2D eigenvalue weighted by atomic mass is 16.5. The molecule has 2 heterocycles. The summed E-state index contributed by atoms with van der Waals surface area (Å²) < 4.78 is 10.6. The first-order valence-corrected chi connectivity index (χ1v) is 7.29. The summed E-state index contributed by atoms with van der Waals surface area (Å²) >= 11 is 0. The Labute approximate surface area is 114 Å². The van der Waals surface area contributed by atoms with E-state index in [0.717, 1.165) is 38.6 Å². The fraction of sp³-hybridized carbons (Fsp3) is 0.857. The summed E-state index contributed by atoms with van der Waals surface area (Å²) in [6.45, 7) is 4.09. The largest absolute Gasteiger partial charge is 0.466 e. The molecule has 2 aliphatic rings. The van der Waals surface area contributed by atoms with Crippen molar-refractivity contribution in [1.29, 1.82) is 0 Å². The first-order chi connectivity index (χ1) is 9.22. The molecule has 2 saturated heterocycles. The lowest BCUT2D eigenvalue weighted by Crippen LogP contribution is -2.48. The Morgan fingerprint density at radius 2 is 2.11 bits per heavy atom. The van der Waals surface area contributed by atoms with E-state index in [1.807, 2.05) is 0 Å². The van der Waals surface area contributed by atoms with Crippen LogP contribution in [0.5, 0.6) is 0 Å². The van der Waals surface area contributed by atoms with Gasteiger partial charge in [0.1, 0.15) is 6.10 Å². The van der Waals surface area contributed by atoms with E-state index >= 15 is 0 Å². The summed E-state index contributed by atoms with van der Waals surface area (Å²) in [6.07, 6.45) is 4.27. The molecule has 2 fully saturated rings. The fourth-order valence-corrected chi connectivity index (χ4v) is 2.77. The topological polar surface area (TPSA) is 55.8 Å². The molecule has 2 atom stereocenters. The molecule has 0 radical (unpaired) electrons. The Balaban J connectivity index is 1.89. The minimum Gasteiger partial charge on any atom is -0.466 e. The number of ether oxygens (including phenoxy) is 2. The summed E-state index contributed by atoms with van der Waals surface area (Å²) in [5.74, 6) is -0.292. The van der Waals surface area contributed by atoms with Crippen LogP contribution < -0.4 is 0 Å². The number of amides is 1. The molecule has 0 aromatic rings. The lowest BCUT2D eigenvalue weighted by Gasteiger charge is -2.34. The predicted molar refractivity (Wildman–Crippen MR) is 69.5 cm³/mol. The van der Waals surface area contributed by atoms with Gasteiger partial charge in [-0.1, -0.05) is 0 Å². The smallest absolute Gasteiger partial charge is 0.310 e. The van der Waals surface area contributed by atoms with Gasteiger partial charge in [-0.3, -0.25) is 9.59 Å². The van der Waals surface area contributed by atoms with E-state index < -0.39 is 0 Å². The number of carbonyl (C=O) groups is 2. The van der Waals surface area contributed by atoms with Crippen LogP contribution in [-0.4, -0.2) is 49.2 Å². The quantitative estimate of drug-likeness (QED) is 0.726. The molecule has 2 rings (SSSR count). The maximum atomic E-state index is 12.3. The Bertz CT molecular complexity index is 325. The van der Waals surface area contributed by atoms with Crippen molar-refractivity contribution in [3.05, 3.63) is 0 Å². The summed E-state index contributed by atoms with van der Waals surface area (Å²) in [5, 5.41) is 0. The van der Waals surface area contributed by atoms with Gasteiger partial charge in [-0.2, -0.15) is 0 Å². The van der Waals surface area contributed by atoms with Crippen LogP contribution >= 0.6 is 0 Å². The number of hydrogen-bond donors (Lipinski definition) is 0. The third-order valence-corrected chi connectivity index (χ3v) is 3.81. The summed E-state index contributed by atoms with van der Waals surface area (Å²) in [7, 11) is 0. The van der Waals surface area contributed by atoms with Crippen molar-refractivity contribution in [3.8, 4) is 0 Å². The minimum absolute atomic E-state index is 0.0497. The standard InChI is InChI=1S/C14H23NO4/c1-2-18-14(17)11-6-5-8-15(10-11)13(16)12-7-3-4-9-19-12/h11-12H,2-10H2,1H3. The molecule has 0 aliphatic carbocycles. The highest BCUT2D eigenvalue weighted by molar-refractivity contribution is 5.82. The molecule has 2 aliphatic heterocycles. The van der Waals surface area contributed by atoms with E-state index in [4.69, 9.17) is 9.47 Å². The molecule has 0 aromatic carbocycles. The molecule has 0 spiro atoms. The molecular formula is C14H23NO4. The van der Waals surface area contributed by atoms with Crippen molar-refractivity contribution in [2.75, 3.05) is 26.3 Å². The zero-order valence-corrected chi connectivity index (χ0v) is 11.6. The van der Waals surface area contributed by atoms with Crippen molar-refractivity contribution in [3.63, 3.8) is 0 Å². The Morgan fingerprint density at radius 1 is 1.26 bits per heavy atom. The number of esters is 1. The van der Waals surface area contributed by atoms with Gasteiger partial charge >= 0.3 is 5.97 Å². The van der Waals surface area contributed by atoms with Crippen molar-refractivity contribution in [1.82, 2.24) is 4.90 Å². The first-order valence-electron chi connectivity index (χ1n) is 7.29. The molecule has 19 heavy (non-hydrogen) atoms. The third kappa shape index (κ3) is 3.69. The van der Waals surface area contributed by atoms with Gasteiger partial charge in [0.25, 0.3) is 5.91 Å². The van der Waals surface area contributed by atoms with Crippen LogP contribution in [0.25, 0.3) is 0 Å². The number of piperidine rings is 1. The SMILES string of the molecule is CCOC(=O)C1CCCN(C(=O)C2CCCCO2)C1. The maximum absolute atomic E-state index is 12.3. The molecular weight excluding hydrogens is 246 g/mol. The average molecular weight is 269 g/mol. The van der Waals surface area contributed by atoms with Crippen LogP contribution in [-0.2, 0) is 19.1 Å². The molecule has 0 bridgehead atoms. The van der Waals surface area contributed by atoms with Crippen LogP contribution in [0.15, 0.2) is 0 Å². The second-order valence-corrected chi connectivity index (χ2v) is 5.23. The van der Waals surface area contributed by atoms with Crippen LogP contribution in [0.4, 0.5) is 0 Å². The molecule has 0 aromatic heterocycles. The number of nitrogens with zero attached hydrogens (tertiary/aromatic N) is 1. The van der Waals surface area contributed by atoms with Crippen molar-refractivity contribution in [2.24, 2.45) is 5.92 Å². The van der Waals surface area contributed by atoms with Gasteiger partial charge in [-0.15, -0.1) is 0 Å². The van der Waals surface area contributed by atoms with Gasteiger partial charge in [0, 0.05) is 19.7 Å². The van der Waals surface area contributed by atoms with E-state index in [9.17, 15) is 9.59 Å². The number of hydrogen-bond acceptors (Lipinski definition) is 4. The molecule has 0 saturated carbocycles. The van der Waals surface area contributed by atoms with E-state index in [-0.39, 0.29) is 23.9 Å². The lowest BCUT2D eigenvalue weighted by atomic mass is 9.97. The van der Waals surface area contributed by atoms with Crippen LogP contribution in [0, 0.1) is 5.92 Å². The van der Waals surface area contributed by atoms with Crippen LogP contribution in [0.1, 0.15) is 39.0 Å². The van der Waals surface area contributed by atoms with Crippen molar-refractivity contribution >= 4 is 11.9 Å². The highest BCUT2D eigenvalue weighted by Gasteiger charge is 2.33. The second kappa shape index (κ2) is 6.89. The molecule has 1 amide bonds. The summed E-state index contributed by atoms with van der Waals surface area (Å²) in [6, 6.07) is 0. The lowest BCUT2D eigenvalue weighted by molar-refractivity contribution is -0.155. The zero-order valence-electron chi connectivity index (χ0n) is 11.6. The van der Waals surface area contributed by atoms with Gasteiger partial charge in [0.2, 0.25) is 0 Å². The molecule has 108 valence electrons. The number of likely N-dealkylation sites (tertiary alicyclic amines) is 1. The molecule has 5 nitrogen and oxygen atoms in total. The van der Waals surface area contributed by atoms with Crippen molar-refractivity contribution < 1.29 is 19.1 Å².